The Morgan fingerprint density at radius 3 is 2.35 bits per heavy atom. The van der Waals surface area contributed by atoms with E-state index in [4.69, 9.17) is 0 Å². The maximum atomic E-state index is 13.6. The zero-order chi connectivity index (χ0) is 15.7. The summed E-state index contributed by atoms with van der Waals surface area (Å²) < 4.78 is 52.5. The van der Waals surface area contributed by atoms with Crippen molar-refractivity contribution in [2.45, 2.75) is 17.9 Å². The van der Waals surface area contributed by atoms with Gasteiger partial charge in [-0.3, -0.25) is 4.79 Å². The van der Waals surface area contributed by atoms with E-state index in [0.29, 0.717) is 6.07 Å². The van der Waals surface area contributed by atoms with Crippen LogP contribution in [0, 0.1) is 11.6 Å². The van der Waals surface area contributed by atoms with Crippen LogP contribution in [0.25, 0.3) is 0 Å². The molecule has 1 amide bonds. The van der Waals surface area contributed by atoms with Gasteiger partial charge in [-0.05, 0) is 28.9 Å². The molecule has 5 nitrogen and oxygen atoms in total. The van der Waals surface area contributed by atoms with Crippen LogP contribution in [-0.2, 0) is 14.8 Å². The maximum Gasteiger partial charge on any atom is 0.245 e. The van der Waals surface area contributed by atoms with Gasteiger partial charge in [0, 0.05) is 24.6 Å². The number of hydrogen-bond acceptors (Lipinski definition) is 3. The Hall–Kier alpha value is -1.06. The van der Waals surface area contributed by atoms with E-state index in [1.807, 2.05) is 4.72 Å². The largest absolute Gasteiger partial charge is 0.347 e. The Morgan fingerprint density at radius 1 is 1.35 bits per heavy atom. The first-order valence-electron chi connectivity index (χ1n) is 5.44. The summed E-state index contributed by atoms with van der Waals surface area (Å²) in [5, 5.41) is 0. The molecule has 1 rings (SSSR count). The molecule has 0 aliphatic rings. The van der Waals surface area contributed by atoms with Crippen LogP contribution in [0.15, 0.2) is 21.5 Å². The smallest absolute Gasteiger partial charge is 0.245 e. The van der Waals surface area contributed by atoms with Crippen molar-refractivity contribution in [2.24, 2.45) is 0 Å². The second kappa shape index (κ2) is 6.15. The fourth-order valence-electron chi connectivity index (χ4n) is 1.52. The van der Waals surface area contributed by atoms with Crippen molar-refractivity contribution in [3.63, 3.8) is 0 Å². The number of nitrogens with one attached hydrogen (secondary N) is 1. The quantitative estimate of drug-likeness (QED) is 0.872. The second-order valence-corrected chi connectivity index (χ2v) is 6.78. The predicted octanol–water partition coefficient (Wildman–Crippen LogP) is 1.48. The zero-order valence-electron chi connectivity index (χ0n) is 10.9. The molecule has 0 fully saturated rings. The van der Waals surface area contributed by atoms with E-state index in [9.17, 15) is 22.0 Å². The van der Waals surface area contributed by atoms with Gasteiger partial charge in [0.05, 0.1) is 6.04 Å². The molecule has 0 radical (unpaired) electrons. The lowest BCUT2D eigenvalue weighted by atomic mass is 10.3. The van der Waals surface area contributed by atoms with Gasteiger partial charge < -0.3 is 4.90 Å². The minimum atomic E-state index is -4.30. The van der Waals surface area contributed by atoms with Gasteiger partial charge in [0.15, 0.2) is 0 Å². The molecule has 0 bridgehead atoms. The second-order valence-electron chi connectivity index (χ2n) is 4.27. The molecule has 0 heterocycles. The van der Waals surface area contributed by atoms with Crippen LogP contribution in [0.4, 0.5) is 8.78 Å². The van der Waals surface area contributed by atoms with Gasteiger partial charge in [-0.2, -0.15) is 4.72 Å². The highest BCUT2D eigenvalue weighted by atomic mass is 79.9. The van der Waals surface area contributed by atoms with Crippen molar-refractivity contribution in [3.8, 4) is 0 Å². The van der Waals surface area contributed by atoms with Crippen LogP contribution >= 0.6 is 15.9 Å². The number of carbonyl (C=O) groups excluding carboxylic acids is 1. The van der Waals surface area contributed by atoms with Crippen LogP contribution in [0.3, 0.4) is 0 Å². The fourth-order valence-corrected chi connectivity index (χ4v) is 3.88. The number of likely N-dealkylation sites (N-methyl/N-ethyl adjacent to an activating group) is 1. The van der Waals surface area contributed by atoms with E-state index in [1.165, 1.54) is 25.9 Å². The summed E-state index contributed by atoms with van der Waals surface area (Å²) in [7, 11) is -1.38. The first-order chi connectivity index (χ1) is 9.06. The molecular formula is C11H13BrF2N2O3S. The van der Waals surface area contributed by atoms with Gasteiger partial charge in [-0.1, -0.05) is 0 Å². The molecule has 0 saturated heterocycles. The minimum absolute atomic E-state index is 0.257. The molecule has 112 valence electrons. The fraction of sp³-hybridized carbons (Fsp3) is 0.364. The summed E-state index contributed by atoms with van der Waals surface area (Å²) in [6.45, 7) is 1.33. The number of sulfonamides is 1. The first kappa shape index (κ1) is 17.0. The normalized spacial score (nSPS) is 13.1. The molecule has 0 aromatic heterocycles. The predicted molar refractivity (Wildman–Crippen MR) is 72.5 cm³/mol. The Kier molecular flexibility index (Phi) is 5.22. The van der Waals surface area contributed by atoms with Gasteiger partial charge in [0.25, 0.3) is 0 Å². The first-order valence-corrected chi connectivity index (χ1v) is 7.72. The zero-order valence-corrected chi connectivity index (χ0v) is 13.3. The van der Waals surface area contributed by atoms with Crippen LogP contribution in [0.5, 0.6) is 0 Å². The van der Waals surface area contributed by atoms with Crippen LogP contribution < -0.4 is 4.72 Å². The van der Waals surface area contributed by atoms with Crippen molar-refractivity contribution in [1.29, 1.82) is 0 Å². The van der Waals surface area contributed by atoms with Gasteiger partial charge in [-0.15, -0.1) is 0 Å². The molecule has 1 aromatic rings. The standard InChI is InChI=1S/C11H13BrF2N2O3S/c1-6(11(17)16(2)3)15-20(18,19)10-8(12)4-7(13)5-9(10)14/h4-6,15H,1-3H3. The highest BCUT2D eigenvalue weighted by Crippen LogP contribution is 2.26. The number of rotatable bonds is 4. The van der Waals surface area contributed by atoms with Gasteiger partial charge in [0.2, 0.25) is 15.9 Å². The lowest BCUT2D eigenvalue weighted by Crippen LogP contribution is -2.44. The third kappa shape index (κ3) is 3.74. The highest BCUT2D eigenvalue weighted by molar-refractivity contribution is 9.10. The Bertz CT molecular complexity index is 612. The topological polar surface area (TPSA) is 66.5 Å². The molecule has 9 heteroatoms. The minimum Gasteiger partial charge on any atom is -0.347 e. The van der Waals surface area contributed by atoms with Gasteiger partial charge in [0.1, 0.15) is 16.5 Å². The molecule has 20 heavy (non-hydrogen) atoms. The average molecular weight is 371 g/mol. The third-order valence-electron chi connectivity index (χ3n) is 2.37. The van der Waals surface area contributed by atoms with Crippen molar-refractivity contribution in [2.75, 3.05) is 14.1 Å². The lowest BCUT2D eigenvalue weighted by molar-refractivity contribution is -0.130. The molecule has 0 aliphatic carbocycles. The summed E-state index contributed by atoms with van der Waals surface area (Å²) in [6, 6.07) is 0.208. The molecule has 0 saturated carbocycles. The highest BCUT2D eigenvalue weighted by Gasteiger charge is 2.28. The van der Waals surface area contributed by atoms with Crippen molar-refractivity contribution in [3.05, 3.63) is 28.2 Å². The SMILES string of the molecule is CC(NS(=O)(=O)c1c(F)cc(F)cc1Br)C(=O)N(C)C. The molecule has 1 atom stereocenters. The summed E-state index contributed by atoms with van der Waals surface area (Å²) in [6.07, 6.45) is 0. The molecule has 0 spiro atoms. The molecule has 1 N–H and O–H groups in total. The van der Waals surface area contributed by atoms with E-state index in [1.54, 1.807) is 0 Å². The molecule has 0 aliphatic heterocycles. The number of hydrogen-bond donors (Lipinski definition) is 1. The molecule has 1 aromatic carbocycles. The summed E-state index contributed by atoms with van der Waals surface area (Å²) in [4.78, 5) is 12.1. The summed E-state index contributed by atoms with van der Waals surface area (Å²) >= 11 is 2.80. The summed E-state index contributed by atoms with van der Waals surface area (Å²) in [5.41, 5.74) is 0. The van der Waals surface area contributed by atoms with Crippen LogP contribution in [-0.4, -0.2) is 39.4 Å². The molecule has 1 unspecified atom stereocenters. The van der Waals surface area contributed by atoms with Crippen molar-refractivity contribution in [1.82, 2.24) is 9.62 Å². The van der Waals surface area contributed by atoms with E-state index >= 15 is 0 Å². The van der Waals surface area contributed by atoms with E-state index in [-0.39, 0.29) is 4.47 Å². The molecular weight excluding hydrogens is 358 g/mol. The number of amides is 1. The number of benzene rings is 1. The monoisotopic (exact) mass is 370 g/mol. The van der Waals surface area contributed by atoms with Gasteiger partial charge in [-0.25, -0.2) is 17.2 Å². The number of halogens is 3. The van der Waals surface area contributed by atoms with Crippen LogP contribution in [0.1, 0.15) is 6.92 Å². The van der Waals surface area contributed by atoms with E-state index in [2.05, 4.69) is 15.9 Å². The number of nitrogens with zero attached hydrogens (tertiary/aromatic N) is 1. The maximum absolute atomic E-state index is 13.6. The Labute approximate surface area is 124 Å². The Balaban J connectivity index is 3.16. The summed E-state index contributed by atoms with van der Waals surface area (Å²) in [5.74, 6) is -2.65. The van der Waals surface area contributed by atoms with Gasteiger partial charge >= 0.3 is 0 Å². The van der Waals surface area contributed by atoms with Crippen molar-refractivity contribution < 1.29 is 22.0 Å². The van der Waals surface area contributed by atoms with Crippen LogP contribution in [0.2, 0.25) is 0 Å². The number of carbonyl (C=O) groups is 1. The van der Waals surface area contributed by atoms with E-state index in [0.717, 1.165) is 6.07 Å². The van der Waals surface area contributed by atoms with Crippen molar-refractivity contribution >= 4 is 31.9 Å². The van der Waals surface area contributed by atoms with E-state index < -0.39 is 38.5 Å². The lowest BCUT2D eigenvalue weighted by Gasteiger charge is -2.18. The Morgan fingerprint density at radius 2 is 1.90 bits per heavy atom. The average Bonchev–Trinajstić information content (AvgIpc) is 2.24. The third-order valence-corrected chi connectivity index (χ3v) is 4.88.